The molecule has 0 saturated heterocycles. The van der Waals surface area contributed by atoms with Gasteiger partial charge in [-0.05, 0) is 30.5 Å². The fourth-order valence-electron chi connectivity index (χ4n) is 1.76. The second-order valence-electron chi connectivity index (χ2n) is 4.50. The zero-order valence-corrected chi connectivity index (χ0v) is 14.0. The van der Waals surface area contributed by atoms with Crippen molar-refractivity contribution in [3.05, 3.63) is 40.9 Å². The van der Waals surface area contributed by atoms with E-state index in [4.69, 9.17) is 10.6 Å². The number of anilines is 1. The summed E-state index contributed by atoms with van der Waals surface area (Å²) in [6.07, 6.45) is 0.854. The molecule has 0 spiro atoms. The van der Waals surface area contributed by atoms with E-state index in [9.17, 15) is 9.59 Å². The third kappa shape index (κ3) is 6.23. The highest BCUT2D eigenvalue weighted by atomic mass is 35.5. The third-order valence-electron chi connectivity index (χ3n) is 2.76. The van der Waals surface area contributed by atoms with E-state index in [1.807, 2.05) is 22.9 Å². The van der Waals surface area contributed by atoms with E-state index in [0.29, 0.717) is 10.9 Å². The van der Waals surface area contributed by atoms with Crippen LogP contribution in [-0.4, -0.2) is 17.0 Å². The summed E-state index contributed by atoms with van der Waals surface area (Å²) in [7, 11) is 0. The number of benzene rings is 1. The number of aryl methyl sites for hydroxylation is 2. The van der Waals surface area contributed by atoms with Crippen LogP contribution in [0, 0.1) is 0 Å². The van der Waals surface area contributed by atoms with Crippen LogP contribution in [0.1, 0.15) is 18.2 Å². The normalized spacial score (nSPS) is 9.65. The number of aromatic nitrogens is 1. The van der Waals surface area contributed by atoms with Crippen LogP contribution in [0.25, 0.3) is 0 Å². The minimum absolute atomic E-state index is 0. The molecule has 0 bridgehead atoms. The van der Waals surface area contributed by atoms with Crippen LogP contribution in [0.15, 0.2) is 29.6 Å². The van der Waals surface area contributed by atoms with E-state index in [1.54, 1.807) is 12.1 Å². The fourth-order valence-corrected chi connectivity index (χ4v) is 2.55. The number of nitrogens with one attached hydrogen (secondary N) is 2. The summed E-state index contributed by atoms with van der Waals surface area (Å²) in [6, 6.07) is 7.16. The zero-order valence-electron chi connectivity index (χ0n) is 12.4. The van der Waals surface area contributed by atoms with Gasteiger partial charge in [0.15, 0.2) is 5.13 Å². The molecule has 1 aromatic carbocycles. The summed E-state index contributed by atoms with van der Waals surface area (Å²) in [4.78, 5) is 26.2. The van der Waals surface area contributed by atoms with Crippen molar-refractivity contribution in [2.24, 2.45) is 5.84 Å². The Hall–Kier alpha value is -2.16. The maximum Gasteiger partial charge on any atom is 0.426 e. The number of nitrogens with zero attached hydrogens (tertiary/aromatic N) is 1. The number of halogens is 1. The average Bonchev–Trinajstić information content (AvgIpc) is 2.93. The highest BCUT2D eigenvalue weighted by Gasteiger charge is 2.05. The molecule has 2 aromatic rings. The van der Waals surface area contributed by atoms with Gasteiger partial charge in [-0.15, -0.1) is 23.7 Å². The average molecular weight is 357 g/mol. The van der Waals surface area contributed by atoms with E-state index in [2.05, 4.69) is 10.3 Å². The van der Waals surface area contributed by atoms with Crippen molar-refractivity contribution in [3.8, 4) is 5.75 Å². The summed E-state index contributed by atoms with van der Waals surface area (Å²) < 4.78 is 4.90. The van der Waals surface area contributed by atoms with E-state index < -0.39 is 6.09 Å². The first-order chi connectivity index (χ1) is 10.6. The lowest BCUT2D eigenvalue weighted by atomic mass is 10.1. The lowest BCUT2D eigenvalue weighted by Gasteiger charge is -2.04. The molecule has 0 unspecified atom stereocenters. The first kappa shape index (κ1) is 18.9. The van der Waals surface area contributed by atoms with Crippen molar-refractivity contribution in [1.29, 1.82) is 0 Å². The molecule has 1 heterocycles. The molecule has 23 heavy (non-hydrogen) atoms. The summed E-state index contributed by atoms with van der Waals surface area (Å²) in [5, 5.41) is 5.19. The van der Waals surface area contributed by atoms with Crippen LogP contribution in [0.5, 0.6) is 5.75 Å². The number of amides is 2. The molecule has 0 aliphatic heterocycles. The highest BCUT2D eigenvalue weighted by molar-refractivity contribution is 7.13. The number of nitrogens with two attached hydrogens (primary N) is 1. The van der Waals surface area contributed by atoms with Gasteiger partial charge in [-0.25, -0.2) is 15.6 Å². The number of ether oxygens (including phenoxy) is 1. The molecule has 4 N–H and O–H groups in total. The van der Waals surface area contributed by atoms with Crippen LogP contribution in [0.3, 0.4) is 0 Å². The molecule has 0 fully saturated rings. The topological polar surface area (TPSA) is 106 Å². The number of hydrogen-bond donors (Lipinski definition) is 3. The molecule has 0 atom stereocenters. The van der Waals surface area contributed by atoms with Gasteiger partial charge in [0.05, 0.1) is 5.69 Å². The van der Waals surface area contributed by atoms with Gasteiger partial charge in [0.25, 0.3) is 0 Å². The van der Waals surface area contributed by atoms with E-state index >= 15 is 0 Å². The van der Waals surface area contributed by atoms with Crippen LogP contribution in [-0.2, 0) is 17.6 Å². The number of carbonyl (C=O) groups excluding carboxylic acids is 2. The molecule has 7 nitrogen and oxygen atoms in total. The van der Waals surface area contributed by atoms with Crippen molar-refractivity contribution in [2.45, 2.75) is 19.8 Å². The minimum Gasteiger partial charge on any atom is -0.409 e. The zero-order chi connectivity index (χ0) is 15.9. The third-order valence-corrected chi connectivity index (χ3v) is 3.56. The Kier molecular flexibility index (Phi) is 7.46. The van der Waals surface area contributed by atoms with Gasteiger partial charge in [-0.1, -0.05) is 12.1 Å². The largest absolute Gasteiger partial charge is 0.426 e. The first-order valence-electron chi connectivity index (χ1n) is 6.56. The quantitative estimate of drug-likeness (QED) is 0.433. The molecule has 0 aliphatic carbocycles. The first-order valence-corrected chi connectivity index (χ1v) is 7.44. The Balaban J connectivity index is 0.00000264. The minimum atomic E-state index is -0.708. The monoisotopic (exact) mass is 356 g/mol. The summed E-state index contributed by atoms with van der Waals surface area (Å²) >= 11 is 1.41. The van der Waals surface area contributed by atoms with Crippen molar-refractivity contribution in [1.82, 2.24) is 10.4 Å². The molecule has 124 valence electrons. The molecule has 2 amide bonds. The van der Waals surface area contributed by atoms with E-state index in [-0.39, 0.29) is 18.3 Å². The van der Waals surface area contributed by atoms with E-state index in [0.717, 1.165) is 24.1 Å². The number of carbonyl (C=O) groups is 2. The molecule has 0 saturated carbocycles. The smallest absolute Gasteiger partial charge is 0.409 e. The maximum absolute atomic E-state index is 11.0. The molecule has 9 heteroatoms. The van der Waals surface area contributed by atoms with Crippen molar-refractivity contribution in [2.75, 3.05) is 5.32 Å². The number of hydrazine groups is 1. The van der Waals surface area contributed by atoms with Gasteiger partial charge in [0, 0.05) is 12.3 Å². The molecular weight excluding hydrogens is 340 g/mol. The highest BCUT2D eigenvalue weighted by Crippen LogP contribution is 2.18. The molecule has 0 aliphatic rings. The maximum atomic E-state index is 11.0. The standard InChI is InChI=1S/C14H16N4O3S.ClH/c1-9(19)16-13-17-11(8-22-13)5-2-10-3-6-12(7-4-10)21-14(20)18-15;/h3-4,6-8H,2,5,15H2,1H3,(H,18,20)(H,16,17,19);1H. The van der Waals surface area contributed by atoms with E-state index in [1.165, 1.54) is 18.3 Å². The van der Waals surface area contributed by atoms with Gasteiger partial charge < -0.3 is 10.1 Å². The van der Waals surface area contributed by atoms with Gasteiger partial charge >= 0.3 is 6.09 Å². The Morgan fingerprint density at radius 1 is 1.26 bits per heavy atom. The van der Waals surface area contributed by atoms with Crippen LogP contribution in [0.2, 0.25) is 0 Å². The van der Waals surface area contributed by atoms with Crippen LogP contribution >= 0.6 is 23.7 Å². The predicted octanol–water partition coefficient (Wildman–Crippen LogP) is 2.27. The van der Waals surface area contributed by atoms with Gasteiger partial charge in [-0.3, -0.25) is 10.2 Å². The van der Waals surface area contributed by atoms with Crippen LogP contribution in [0.4, 0.5) is 9.93 Å². The molecule has 2 rings (SSSR count). The Morgan fingerprint density at radius 3 is 2.57 bits per heavy atom. The van der Waals surface area contributed by atoms with Crippen molar-refractivity contribution < 1.29 is 14.3 Å². The fraction of sp³-hybridized carbons (Fsp3) is 0.214. The Bertz CT molecular complexity index is 660. The lowest BCUT2D eigenvalue weighted by Crippen LogP contribution is -2.32. The Labute approximate surface area is 143 Å². The van der Waals surface area contributed by atoms with Crippen molar-refractivity contribution >= 4 is 40.9 Å². The molecule has 0 radical (unpaired) electrons. The van der Waals surface area contributed by atoms with Crippen LogP contribution < -0.4 is 21.3 Å². The predicted molar refractivity (Wildman–Crippen MR) is 90.9 cm³/mol. The summed E-state index contributed by atoms with van der Waals surface area (Å²) in [6.45, 7) is 1.45. The summed E-state index contributed by atoms with van der Waals surface area (Å²) in [5.41, 5.74) is 3.91. The van der Waals surface area contributed by atoms with Gasteiger partial charge in [0.1, 0.15) is 5.75 Å². The molecule has 1 aromatic heterocycles. The lowest BCUT2D eigenvalue weighted by molar-refractivity contribution is -0.114. The Morgan fingerprint density at radius 2 is 1.96 bits per heavy atom. The number of rotatable bonds is 5. The molecular formula is C14H17ClN4O3S. The van der Waals surface area contributed by atoms with Gasteiger partial charge in [-0.2, -0.15) is 0 Å². The SMILES string of the molecule is CC(=O)Nc1nc(CCc2ccc(OC(=O)NN)cc2)cs1.Cl. The second-order valence-corrected chi connectivity index (χ2v) is 5.36. The summed E-state index contributed by atoms with van der Waals surface area (Å²) in [5.74, 6) is 5.23. The number of hydrogen-bond acceptors (Lipinski definition) is 6. The second kappa shape index (κ2) is 9.09. The number of thiazole rings is 1. The van der Waals surface area contributed by atoms with Gasteiger partial charge in [0.2, 0.25) is 5.91 Å². The van der Waals surface area contributed by atoms with Crippen molar-refractivity contribution in [3.63, 3.8) is 0 Å².